The van der Waals surface area contributed by atoms with Crippen LogP contribution < -0.4 is 0 Å². The first kappa shape index (κ1) is 31.2. The molecule has 0 radical (unpaired) electrons. The van der Waals surface area contributed by atoms with Crippen LogP contribution in [0.5, 0.6) is 0 Å². The number of carbonyl (C=O) groups excluding carboxylic acids is 1. The summed E-state index contributed by atoms with van der Waals surface area (Å²) in [5, 5.41) is 0.139. The van der Waals surface area contributed by atoms with E-state index in [-0.39, 0.29) is 23.2 Å². The molecule has 1 aromatic rings. The molecule has 1 unspecified atom stereocenters. The molecule has 0 amide bonds. The standard InChI is InChI=1S/C31H52O3SSi/c1-8-9-10-11-12-13-14-15-16-18-21-27(34-36(6,7)30(3,4)5)25-31(24-26(2)33-29(31)32)35-28-22-19-17-20-23-28/h8,17,19-20,22-23,26-27H,1,9-16,18,21,24-25H2,2-7H3/t26-,27+,31?/m0/s1. The fourth-order valence-electron chi connectivity index (χ4n) is 4.77. The normalized spacial score (nSPS) is 21.4. The highest BCUT2D eigenvalue weighted by Gasteiger charge is 2.51. The van der Waals surface area contributed by atoms with Crippen molar-refractivity contribution in [2.24, 2.45) is 0 Å². The van der Waals surface area contributed by atoms with Crippen LogP contribution in [0.3, 0.4) is 0 Å². The average molecular weight is 533 g/mol. The molecule has 1 fully saturated rings. The maximum absolute atomic E-state index is 13.3. The summed E-state index contributed by atoms with van der Waals surface area (Å²) in [5.41, 5.74) is 0. The molecule has 1 heterocycles. The molecule has 0 N–H and O–H groups in total. The number of benzene rings is 1. The van der Waals surface area contributed by atoms with Crippen LogP contribution in [0.1, 0.15) is 105 Å². The van der Waals surface area contributed by atoms with Gasteiger partial charge in [0.05, 0.1) is 0 Å². The average Bonchev–Trinajstić information content (AvgIpc) is 3.06. The number of carbonyl (C=O) groups is 1. The molecule has 5 heteroatoms. The number of ether oxygens (including phenoxy) is 1. The van der Waals surface area contributed by atoms with Gasteiger partial charge in [-0.3, -0.25) is 4.79 Å². The lowest BCUT2D eigenvalue weighted by molar-refractivity contribution is -0.143. The minimum absolute atomic E-state index is 0.0475. The maximum atomic E-state index is 13.3. The fraction of sp³-hybridized carbons (Fsp3) is 0.710. The number of esters is 1. The molecule has 3 atom stereocenters. The molecule has 1 aliphatic rings. The quantitative estimate of drug-likeness (QED) is 0.0865. The Morgan fingerprint density at radius 3 is 2.19 bits per heavy atom. The molecule has 0 aliphatic carbocycles. The van der Waals surface area contributed by atoms with E-state index in [4.69, 9.17) is 9.16 Å². The lowest BCUT2D eigenvalue weighted by atomic mass is 9.94. The summed E-state index contributed by atoms with van der Waals surface area (Å²) in [5.74, 6) is -0.0656. The van der Waals surface area contributed by atoms with Crippen LogP contribution in [0.25, 0.3) is 0 Å². The Hall–Kier alpha value is -1.04. The Bertz CT molecular complexity index is 789. The monoisotopic (exact) mass is 532 g/mol. The first-order valence-electron chi connectivity index (χ1n) is 14.2. The lowest BCUT2D eigenvalue weighted by Crippen LogP contribution is -2.46. The summed E-state index contributed by atoms with van der Waals surface area (Å²) in [7, 11) is -1.97. The van der Waals surface area contributed by atoms with Crippen molar-refractivity contribution >= 4 is 26.0 Å². The fourth-order valence-corrected chi connectivity index (χ4v) is 7.62. The van der Waals surface area contributed by atoms with Gasteiger partial charge in [0.25, 0.3) is 0 Å². The maximum Gasteiger partial charge on any atom is 0.323 e. The van der Waals surface area contributed by atoms with Crippen molar-refractivity contribution in [2.75, 3.05) is 0 Å². The van der Waals surface area contributed by atoms with Gasteiger partial charge in [0.1, 0.15) is 10.9 Å². The van der Waals surface area contributed by atoms with Crippen molar-refractivity contribution in [3.63, 3.8) is 0 Å². The predicted molar refractivity (Wildman–Crippen MR) is 158 cm³/mol. The highest BCUT2D eigenvalue weighted by molar-refractivity contribution is 8.01. The summed E-state index contributed by atoms with van der Waals surface area (Å²) < 4.78 is 12.2. The van der Waals surface area contributed by atoms with Gasteiger partial charge in [-0.05, 0) is 62.9 Å². The van der Waals surface area contributed by atoms with Crippen LogP contribution in [-0.2, 0) is 14.0 Å². The van der Waals surface area contributed by atoms with Gasteiger partial charge in [-0.2, -0.15) is 0 Å². The zero-order valence-corrected chi connectivity index (χ0v) is 25.8. The number of unbranched alkanes of at least 4 members (excludes halogenated alkanes) is 8. The third-order valence-corrected chi connectivity index (χ3v) is 13.8. The number of rotatable bonds is 17. The Kier molecular flexibility index (Phi) is 12.8. The predicted octanol–water partition coefficient (Wildman–Crippen LogP) is 9.72. The zero-order chi connectivity index (χ0) is 26.7. The van der Waals surface area contributed by atoms with Crippen molar-refractivity contribution < 1.29 is 14.0 Å². The summed E-state index contributed by atoms with van der Waals surface area (Å²) in [6.07, 6.45) is 16.0. The van der Waals surface area contributed by atoms with E-state index in [1.807, 2.05) is 31.2 Å². The molecular weight excluding hydrogens is 480 g/mol. The van der Waals surface area contributed by atoms with Crippen LogP contribution in [0.15, 0.2) is 47.9 Å². The van der Waals surface area contributed by atoms with Gasteiger partial charge < -0.3 is 9.16 Å². The second-order valence-corrected chi connectivity index (χ2v) is 18.4. The molecule has 0 saturated carbocycles. The van der Waals surface area contributed by atoms with Crippen molar-refractivity contribution in [3.05, 3.63) is 43.0 Å². The van der Waals surface area contributed by atoms with Crippen molar-refractivity contribution in [3.8, 4) is 0 Å². The highest BCUT2D eigenvalue weighted by Crippen LogP contribution is 2.47. The third-order valence-electron chi connectivity index (χ3n) is 7.86. The summed E-state index contributed by atoms with van der Waals surface area (Å²) in [6, 6.07) is 10.3. The van der Waals surface area contributed by atoms with E-state index < -0.39 is 13.1 Å². The van der Waals surface area contributed by atoms with Gasteiger partial charge in [0, 0.05) is 17.4 Å². The Labute approximate surface area is 227 Å². The van der Waals surface area contributed by atoms with Crippen LogP contribution in [0, 0.1) is 0 Å². The molecule has 1 aromatic carbocycles. The van der Waals surface area contributed by atoms with E-state index >= 15 is 0 Å². The third kappa shape index (κ3) is 10.0. The van der Waals surface area contributed by atoms with Crippen LogP contribution in [0.2, 0.25) is 18.1 Å². The highest BCUT2D eigenvalue weighted by atomic mass is 32.2. The molecule has 2 rings (SSSR count). The second kappa shape index (κ2) is 14.8. The molecule has 36 heavy (non-hydrogen) atoms. The molecule has 3 nitrogen and oxygen atoms in total. The van der Waals surface area contributed by atoms with Gasteiger partial charge in [-0.15, -0.1) is 18.3 Å². The number of allylic oxidation sites excluding steroid dienone is 1. The van der Waals surface area contributed by atoms with Crippen molar-refractivity contribution in [2.45, 2.75) is 145 Å². The lowest BCUT2D eigenvalue weighted by Gasteiger charge is -2.41. The molecule has 204 valence electrons. The van der Waals surface area contributed by atoms with E-state index in [1.54, 1.807) is 11.8 Å². The van der Waals surface area contributed by atoms with Crippen LogP contribution in [-0.4, -0.2) is 31.2 Å². The second-order valence-electron chi connectivity index (χ2n) is 12.2. The summed E-state index contributed by atoms with van der Waals surface area (Å²) >= 11 is 1.69. The number of hydrogen-bond acceptors (Lipinski definition) is 4. The molecule has 0 bridgehead atoms. The van der Waals surface area contributed by atoms with E-state index in [0.717, 1.165) is 37.0 Å². The smallest absolute Gasteiger partial charge is 0.323 e. The zero-order valence-electron chi connectivity index (χ0n) is 23.9. The minimum atomic E-state index is -1.97. The van der Waals surface area contributed by atoms with Gasteiger partial charge in [-0.25, -0.2) is 0 Å². The van der Waals surface area contributed by atoms with E-state index in [9.17, 15) is 4.79 Å². The Morgan fingerprint density at radius 2 is 1.67 bits per heavy atom. The van der Waals surface area contributed by atoms with E-state index in [0.29, 0.717) is 0 Å². The Morgan fingerprint density at radius 1 is 1.08 bits per heavy atom. The molecule has 1 saturated heterocycles. The van der Waals surface area contributed by atoms with Gasteiger partial charge >= 0.3 is 5.97 Å². The summed E-state index contributed by atoms with van der Waals surface area (Å²) in [4.78, 5) is 14.4. The van der Waals surface area contributed by atoms with Crippen molar-refractivity contribution in [1.82, 2.24) is 0 Å². The van der Waals surface area contributed by atoms with E-state index in [1.165, 1.54) is 44.9 Å². The van der Waals surface area contributed by atoms with Crippen LogP contribution in [0.4, 0.5) is 0 Å². The molecule has 1 aliphatic heterocycles. The van der Waals surface area contributed by atoms with Gasteiger partial charge in [-0.1, -0.05) is 90.0 Å². The van der Waals surface area contributed by atoms with E-state index in [2.05, 4.69) is 52.6 Å². The molecule has 0 aromatic heterocycles. The Balaban J connectivity index is 2.03. The van der Waals surface area contributed by atoms with Gasteiger partial charge in [0.15, 0.2) is 8.32 Å². The minimum Gasteiger partial charge on any atom is -0.462 e. The van der Waals surface area contributed by atoms with Crippen molar-refractivity contribution in [1.29, 1.82) is 0 Å². The van der Waals surface area contributed by atoms with Crippen LogP contribution >= 0.6 is 11.8 Å². The number of hydrogen-bond donors (Lipinski definition) is 0. The number of cyclic esters (lactones) is 1. The molecular formula is C31H52O3SSi. The SMILES string of the molecule is C=CCCCCCCCCCC[C@H](CC1(Sc2ccccc2)C[C@H](C)OC1=O)O[Si](C)(C)C(C)(C)C. The summed E-state index contributed by atoms with van der Waals surface area (Å²) in [6.45, 7) is 17.4. The van der Waals surface area contributed by atoms with Gasteiger partial charge in [0.2, 0.25) is 0 Å². The molecule has 0 spiro atoms. The topological polar surface area (TPSA) is 35.5 Å². The first-order valence-corrected chi connectivity index (χ1v) is 18.0. The number of thioether (sulfide) groups is 1. The largest absolute Gasteiger partial charge is 0.462 e. The first-order chi connectivity index (χ1) is 17.0.